The van der Waals surface area contributed by atoms with E-state index in [4.69, 9.17) is 20.9 Å². The van der Waals surface area contributed by atoms with Crippen molar-refractivity contribution in [2.75, 3.05) is 17.6 Å². The zero-order valence-electron chi connectivity index (χ0n) is 18.1. The van der Waals surface area contributed by atoms with Gasteiger partial charge < -0.3 is 25.8 Å². The quantitative estimate of drug-likeness (QED) is 0.380. The first-order chi connectivity index (χ1) is 15.7. The van der Waals surface area contributed by atoms with E-state index in [-0.39, 0.29) is 5.95 Å². The maximum Gasteiger partial charge on any atom is 0.224 e. The van der Waals surface area contributed by atoms with E-state index in [9.17, 15) is 0 Å². The molecule has 5 rings (SSSR count). The van der Waals surface area contributed by atoms with Crippen LogP contribution < -0.4 is 16.8 Å². The molecule has 5 N–H and O–H groups in total. The standard InChI is InChI=1S/C24H29N7O/c25-13-3-8-20-28-21-22(29-24(26)30-23(21)31(20)18-5-1-2-6-18)27-15-16-9-11-17(12-10-16)19-7-4-14-32-19/h4,7,9-12,14,18H,1-3,5-6,8,13,15,25H2,(H3,26,27,29,30). The van der Waals surface area contributed by atoms with Crippen molar-refractivity contribution >= 4 is 22.9 Å². The highest BCUT2D eigenvalue weighted by Gasteiger charge is 2.25. The van der Waals surface area contributed by atoms with Crippen LogP contribution in [0.25, 0.3) is 22.5 Å². The van der Waals surface area contributed by atoms with Gasteiger partial charge in [-0.3, -0.25) is 0 Å². The molecule has 0 unspecified atom stereocenters. The van der Waals surface area contributed by atoms with Gasteiger partial charge in [0, 0.05) is 24.6 Å². The highest BCUT2D eigenvalue weighted by Crippen LogP contribution is 2.35. The van der Waals surface area contributed by atoms with Crippen molar-refractivity contribution in [1.82, 2.24) is 19.5 Å². The van der Waals surface area contributed by atoms with Crippen LogP contribution >= 0.6 is 0 Å². The van der Waals surface area contributed by atoms with Gasteiger partial charge in [-0.15, -0.1) is 0 Å². The van der Waals surface area contributed by atoms with Crippen molar-refractivity contribution in [1.29, 1.82) is 0 Å². The number of benzene rings is 1. The topological polar surface area (TPSA) is 121 Å². The van der Waals surface area contributed by atoms with Gasteiger partial charge in [0.05, 0.1) is 6.26 Å². The van der Waals surface area contributed by atoms with E-state index < -0.39 is 0 Å². The van der Waals surface area contributed by atoms with Crippen LogP contribution in [0.3, 0.4) is 0 Å². The molecule has 3 aromatic heterocycles. The average molecular weight is 432 g/mol. The first-order valence-electron chi connectivity index (χ1n) is 11.3. The predicted molar refractivity (Wildman–Crippen MR) is 126 cm³/mol. The number of nitrogen functional groups attached to an aromatic ring is 1. The lowest BCUT2D eigenvalue weighted by Crippen LogP contribution is -2.12. The fourth-order valence-electron chi connectivity index (χ4n) is 4.56. The van der Waals surface area contributed by atoms with E-state index in [1.165, 1.54) is 12.8 Å². The highest BCUT2D eigenvalue weighted by atomic mass is 16.3. The number of furan rings is 1. The molecule has 0 saturated heterocycles. The third kappa shape index (κ3) is 4.05. The van der Waals surface area contributed by atoms with Crippen molar-refractivity contribution in [3.63, 3.8) is 0 Å². The Labute approximate surface area is 187 Å². The Balaban J connectivity index is 1.43. The lowest BCUT2D eigenvalue weighted by atomic mass is 10.1. The van der Waals surface area contributed by atoms with Crippen molar-refractivity contribution in [2.45, 2.75) is 51.1 Å². The van der Waals surface area contributed by atoms with Crippen molar-refractivity contribution in [3.8, 4) is 11.3 Å². The molecular formula is C24H29N7O. The Morgan fingerprint density at radius 1 is 1.06 bits per heavy atom. The molecule has 32 heavy (non-hydrogen) atoms. The summed E-state index contributed by atoms with van der Waals surface area (Å²) in [5.74, 6) is 2.83. The van der Waals surface area contributed by atoms with E-state index in [0.717, 1.165) is 59.6 Å². The normalized spacial score (nSPS) is 14.4. The molecule has 1 saturated carbocycles. The monoisotopic (exact) mass is 431 g/mol. The Hall–Kier alpha value is -3.39. The van der Waals surface area contributed by atoms with Crippen LogP contribution in [0.15, 0.2) is 47.1 Å². The second-order valence-corrected chi connectivity index (χ2v) is 8.36. The minimum atomic E-state index is 0.262. The molecule has 0 aliphatic heterocycles. The zero-order chi connectivity index (χ0) is 21.9. The van der Waals surface area contributed by atoms with Crippen LogP contribution in [0.5, 0.6) is 0 Å². The summed E-state index contributed by atoms with van der Waals surface area (Å²) in [4.78, 5) is 14.0. The first-order valence-corrected chi connectivity index (χ1v) is 11.3. The highest BCUT2D eigenvalue weighted by molar-refractivity contribution is 5.85. The number of imidazole rings is 1. The second-order valence-electron chi connectivity index (χ2n) is 8.36. The first kappa shape index (κ1) is 20.5. The Morgan fingerprint density at radius 3 is 2.59 bits per heavy atom. The molecule has 1 aliphatic rings. The zero-order valence-corrected chi connectivity index (χ0v) is 18.1. The molecule has 166 valence electrons. The van der Waals surface area contributed by atoms with Crippen LogP contribution in [0.1, 0.15) is 49.5 Å². The summed E-state index contributed by atoms with van der Waals surface area (Å²) >= 11 is 0. The maximum absolute atomic E-state index is 6.11. The summed E-state index contributed by atoms with van der Waals surface area (Å²) in [6.45, 7) is 1.25. The second kappa shape index (κ2) is 9.00. The number of anilines is 2. The third-order valence-electron chi connectivity index (χ3n) is 6.14. The van der Waals surface area contributed by atoms with Crippen molar-refractivity contribution in [2.24, 2.45) is 5.73 Å². The van der Waals surface area contributed by atoms with Gasteiger partial charge in [-0.2, -0.15) is 9.97 Å². The van der Waals surface area contributed by atoms with Crippen LogP contribution in [-0.2, 0) is 13.0 Å². The lowest BCUT2D eigenvalue weighted by molar-refractivity contribution is 0.504. The minimum Gasteiger partial charge on any atom is -0.464 e. The molecule has 8 heteroatoms. The summed E-state index contributed by atoms with van der Waals surface area (Å²) < 4.78 is 7.76. The number of fused-ring (bicyclic) bond motifs is 1. The van der Waals surface area contributed by atoms with Crippen LogP contribution in [0, 0.1) is 0 Å². The molecule has 0 radical (unpaired) electrons. The number of nitrogens with one attached hydrogen (secondary N) is 1. The van der Waals surface area contributed by atoms with E-state index in [0.29, 0.717) is 24.9 Å². The van der Waals surface area contributed by atoms with Gasteiger partial charge >= 0.3 is 0 Å². The maximum atomic E-state index is 6.11. The molecule has 1 fully saturated rings. The molecule has 0 atom stereocenters. The Bertz CT molecular complexity index is 1180. The number of hydrogen-bond acceptors (Lipinski definition) is 7. The van der Waals surface area contributed by atoms with Crippen molar-refractivity contribution < 1.29 is 4.42 Å². The summed E-state index contributed by atoms with van der Waals surface area (Å²) in [5, 5.41) is 3.43. The molecule has 0 spiro atoms. The van der Waals surface area contributed by atoms with Gasteiger partial charge in [0.2, 0.25) is 5.95 Å². The Morgan fingerprint density at radius 2 is 1.88 bits per heavy atom. The molecule has 4 aromatic rings. The molecule has 3 heterocycles. The van der Waals surface area contributed by atoms with Gasteiger partial charge in [-0.1, -0.05) is 37.1 Å². The van der Waals surface area contributed by atoms with E-state index in [1.54, 1.807) is 6.26 Å². The summed E-state index contributed by atoms with van der Waals surface area (Å²) in [6, 6.07) is 12.5. The van der Waals surface area contributed by atoms with Gasteiger partial charge in [-0.05, 0) is 43.5 Å². The number of aryl methyl sites for hydroxylation is 1. The molecular weight excluding hydrogens is 402 g/mol. The molecule has 1 aliphatic carbocycles. The third-order valence-corrected chi connectivity index (χ3v) is 6.14. The van der Waals surface area contributed by atoms with Crippen LogP contribution in [-0.4, -0.2) is 26.1 Å². The van der Waals surface area contributed by atoms with Gasteiger partial charge in [0.25, 0.3) is 0 Å². The lowest BCUT2D eigenvalue weighted by Gasteiger charge is -2.16. The van der Waals surface area contributed by atoms with E-state index in [1.807, 2.05) is 12.1 Å². The van der Waals surface area contributed by atoms with Crippen LogP contribution in [0.4, 0.5) is 11.8 Å². The number of nitrogens with zero attached hydrogens (tertiary/aromatic N) is 4. The summed E-state index contributed by atoms with van der Waals surface area (Å²) in [7, 11) is 0. The van der Waals surface area contributed by atoms with Crippen molar-refractivity contribution in [3.05, 3.63) is 54.0 Å². The van der Waals surface area contributed by atoms with Gasteiger partial charge in [0.1, 0.15) is 11.6 Å². The summed E-state index contributed by atoms with van der Waals surface area (Å²) in [5.41, 5.74) is 15.7. The van der Waals surface area contributed by atoms with Gasteiger partial charge in [-0.25, -0.2) is 4.98 Å². The number of hydrogen-bond donors (Lipinski definition) is 3. The largest absolute Gasteiger partial charge is 0.464 e. The molecule has 1 aromatic carbocycles. The minimum absolute atomic E-state index is 0.262. The summed E-state index contributed by atoms with van der Waals surface area (Å²) in [6.07, 6.45) is 8.18. The molecule has 0 amide bonds. The molecule has 8 nitrogen and oxygen atoms in total. The fourth-order valence-corrected chi connectivity index (χ4v) is 4.56. The number of nitrogens with two attached hydrogens (primary N) is 2. The fraction of sp³-hybridized carbons (Fsp3) is 0.375. The number of rotatable bonds is 8. The smallest absolute Gasteiger partial charge is 0.224 e. The van der Waals surface area contributed by atoms with E-state index >= 15 is 0 Å². The SMILES string of the molecule is NCCCc1nc2c(NCc3ccc(-c4ccco4)cc3)nc(N)nc2n1C1CCCC1. The van der Waals surface area contributed by atoms with Gasteiger partial charge in [0.15, 0.2) is 17.0 Å². The average Bonchev–Trinajstić information content (AvgIpc) is 3.57. The molecule has 0 bridgehead atoms. The van der Waals surface area contributed by atoms with Crippen LogP contribution in [0.2, 0.25) is 0 Å². The number of aromatic nitrogens is 4. The van der Waals surface area contributed by atoms with E-state index in [2.05, 4.69) is 44.1 Å². The Kier molecular flexibility index (Phi) is 5.77. The predicted octanol–water partition coefficient (Wildman–Crippen LogP) is 4.29.